The molecule has 1 aromatic heterocycles. The highest BCUT2D eigenvalue weighted by atomic mass is 16.1. The summed E-state index contributed by atoms with van der Waals surface area (Å²) in [4.78, 5) is 27.8. The van der Waals surface area contributed by atoms with E-state index in [1.165, 1.54) is 0 Å². The van der Waals surface area contributed by atoms with Gasteiger partial charge in [-0.1, -0.05) is 65.3 Å². The summed E-state index contributed by atoms with van der Waals surface area (Å²) in [6, 6.07) is 2.20. The van der Waals surface area contributed by atoms with Gasteiger partial charge in [-0.15, -0.1) is 5.10 Å². The lowest BCUT2D eigenvalue weighted by atomic mass is 9.34. The van der Waals surface area contributed by atoms with E-state index in [2.05, 4.69) is 55.7 Å². The summed E-state index contributed by atoms with van der Waals surface area (Å²) in [5.41, 5.74) is -0.318. The topological polar surface area (TPSA) is 88.6 Å². The average molecular weight is 515 g/mol. The van der Waals surface area contributed by atoms with Crippen molar-refractivity contribution >= 4 is 11.6 Å². The molecule has 202 valence electrons. The maximum absolute atomic E-state index is 14.6. The maximum Gasteiger partial charge on any atom is 0.178 e. The Morgan fingerprint density at radius 1 is 1.03 bits per heavy atom. The van der Waals surface area contributed by atoms with Gasteiger partial charge in [0.25, 0.3) is 0 Å². The third-order valence-electron chi connectivity index (χ3n) is 13.1. The summed E-state index contributed by atoms with van der Waals surface area (Å²) in [7, 11) is 0. The molecule has 38 heavy (non-hydrogen) atoms. The van der Waals surface area contributed by atoms with Gasteiger partial charge >= 0.3 is 0 Å². The fourth-order valence-electron chi connectivity index (χ4n) is 10.7. The van der Waals surface area contributed by atoms with E-state index in [1.54, 1.807) is 6.20 Å². The Balaban J connectivity index is 1.55. The molecule has 1 heterocycles. The first kappa shape index (κ1) is 25.7. The Bertz CT molecular complexity index is 1320. The Hall–Kier alpha value is -2.55. The van der Waals surface area contributed by atoms with Crippen molar-refractivity contribution < 1.29 is 9.59 Å². The lowest BCUT2D eigenvalue weighted by Crippen LogP contribution is -2.67. The minimum absolute atomic E-state index is 0.0572. The van der Waals surface area contributed by atoms with Crippen LogP contribution in [0.5, 0.6) is 0 Å². The van der Waals surface area contributed by atoms with Gasteiger partial charge < -0.3 is 0 Å². The quantitative estimate of drug-likeness (QED) is 0.454. The molecule has 0 spiro atoms. The van der Waals surface area contributed by atoms with E-state index in [4.69, 9.17) is 0 Å². The van der Waals surface area contributed by atoms with Crippen molar-refractivity contribution in [1.82, 2.24) is 15.0 Å². The van der Waals surface area contributed by atoms with E-state index in [-0.39, 0.29) is 51.3 Å². The highest BCUT2D eigenvalue weighted by Gasteiger charge is 2.70. The molecule has 6 heteroatoms. The predicted octanol–water partition coefficient (Wildman–Crippen LogP) is 6.06. The molecule has 0 saturated heterocycles. The van der Waals surface area contributed by atoms with Crippen LogP contribution >= 0.6 is 0 Å². The fourth-order valence-corrected chi connectivity index (χ4v) is 10.7. The summed E-state index contributed by atoms with van der Waals surface area (Å²) >= 11 is 0. The minimum atomic E-state index is -0.639. The lowest BCUT2D eigenvalue weighted by Gasteiger charge is -2.69. The van der Waals surface area contributed by atoms with Gasteiger partial charge in [-0.2, -0.15) is 5.26 Å². The van der Waals surface area contributed by atoms with Gasteiger partial charge in [-0.25, -0.2) is 4.68 Å². The number of hydrogen-bond acceptors (Lipinski definition) is 5. The normalized spacial score (nSPS) is 47.5. The van der Waals surface area contributed by atoms with Crippen molar-refractivity contribution in [3.8, 4) is 6.07 Å². The highest BCUT2D eigenvalue weighted by Crippen LogP contribution is 2.74. The number of rotatable bonds is 1. The molecule has 5 aliphatic rings. The lowest BCUT2D eigenvalue weighted by molar-refractivity contribution is -0.174. The molecule has 5 aliphatic carbocycles. The summed E-state index contributed by atoms with van der Waals surface area (Å²) in [6.07, 6.45) is 13.7. The Morgan fingerprint density at radius 3 is 2.42 bits per heavy atom. The van der Waals surface area contributed by atoms with Crippen LogP contribution in [0, 0.1) is 62.6 Å². The molecule has 3 fully saturated rings. The number of aromatic nitrogens is 3. The minimum Gasteiger partial charge on any atom is -0.295 e. The number of hydrogen-bond donors (Lipinski definition) is 0. The second-order valence-electron chi connectivity index (χ2n) is 14.6. The second-order valence-corrected chi connectivity index (χ2v) is 14.6. The highest BCUT2D eigenvalue weighted by molar-refractivity contribution is 6.04. The number of carbonyl (C=O) groups excluding carboxylic acids is 2. The maximum atomic E-state index is 14.6. The third kappa shape index (κ3) is 2.84. The number of nitrogens with zero attached hydrogens (tertiary/aromatic N) is 4. The number of allylic oxidation sites excluding steroid dienone is 4. The van der Waals surface area contributed by atoms with Gasteiger partial charge in [0, 0.05) is 22.9 Å². The number of ketones is 2. The second kappa shape index (κ2) is 7.77. The van der Waals surface area contributed by atoms with Gasteiger partial charge in [0.15, 0.2) is 11.6 Å². The van der Waals surface area contributed by atoms with Gasteiger partial charge in [0.05, 0.1) is 17.3 Å². The summed E-state index contributed by atoms with van der Waals surface area (Å²) in [5, 5.41) is 18.6. The first-order chi connectivity index (χ1) is 17.8. The average Bonchev–Trinajstić information content (AvgIpc) is 3.41. The van der Waals surface area contributed by atoms with Gasteiger partial charge in [0.1, 0.15) is 6.07 Å². The number of nitriles is 1. The van der Waals surface area contributed by atoms with Crippen molar-refractivity contribution in [3.05, 3.63) is 35.7 Å². The molecule has 6 nitrogen and oxygen atoms in total. The molecule has 0 unspecified atom stereocenters. The van der Waals surface area contributed by atoms with Crippen molar-refractivity contribution in [2.75, 3.05) is 0 Å². The van der Waals surface area contributed by atoms with Crippen molar-refractivity contribution in [3.63, 3.8) is 0 Å². The molecule has 0 amide bonds. The van der Waals surface area contributed by atoms with Crippen LogP contribution in [0.15, 0.2) is 35.7 Å². The van der Waals surface area contributed by atoms with Crippen LogP contribution < -0.4 is 0 Å². The Morgan fingerprint density at radius 2 is 1.76 bits per heavy atom. The Labute approximate surface area is 226 Å². The van der Waals surface area contributed by atoms with E-state index in [0.717, 1.165) is 44.1 Å². The molecule has 0 N–H and O–H groups in total. The van der Waals surface area contributed by atoms with Gasteiger partial charge in [-0.05, 0) is 79.1 Å². The molecule has 3 saturated carbocycles. The summed E-state index contributed by atoms with van der Waals surface area (Å²) in [5.74, 6) is 1.28. The van der Waals surface area contributed by atoms with Crippen LogP contribution in [0.4, 0.5) is 0 Å². The Kier molecular flexibility index (Phi) is 5.26. The SMILES string of the molecule is C[C@@H]1[C@H]2[C@H]3C(=O)C=C4[C@@]5(C)C=C(C#N)C(=O)C(C)(C)[C@@H]5CC[C@@]4(C)[C@]3(C)CC[C@@]2(n2ccnn2)CC[C@H]1C. The molecule has 6 rings (SSSR count). The molecule has 0 aromatic carbocycles. The summed E-state index contributed by atoms with van der Waals surface area (Å²) < 4.78 is 2.10. The van der Waals surface area contributed by atoms with Crippen LogP contribution in [0.3, 0.4) is 0 Å². The van der Waals surface area contributed by atoms with E-state index in [0.29, 0.717) is 11.8 Å². The van der Waals surface area contributed by atoms with E-state index < -0.39 is 10.8 Å². The van der Waals surface area contributed by atoms with Crippen molar-refractivity contribution in [2.24, 2.45) is 51.2 Å². The first-order valence-corrected chi connectivity index (χ1v) is 14.6. The van der Waals surface area contributed by atoms with Crippen molar-refractivity contribution in [2.45, 2.75) is 92.5 Å². The fraction of sp³-hybridized carbons (Fsp3) is 0.719. The van der Waals surface area contributed by atoms with Gasteiger partial charge in [0.2, 0.25) is 0 Å². The summed E-state index contributed by atoms with van der Waals surface area (Å²) in [6.45, 7) is 15.7. The molecular formula is C32H42N4O2. The van der Waals surface area contributed by atoms with Crippen LogP contribution in [0.25, 0.3) is 0 Å². The van der Waals surface area contributed by atoms with Crippen LogP contribution in [-0.2, 0) is 15.1 Å². The first-order valence-electron chi connectivity index (χ1n) is 14.6. The van der Waals surface area contributed by atoms with Crippen molar-refractivity contribution in [1.29, 1.82) is 5.26 Å². The van der Waals surface area contributed by atoms with E-state index in [1.807, 2.05) is 32.2 Å². The zero-order valence-corrected chi connectivity index (χ0v) is 24.0. The third-order valence-corrected chi connectivity index (χ3v) is 13.1. The number of carbonyl (C=O) groups is 2. The number of Topliss-reactive ketones (excluding diaryl/α,β-unsaturated/α-hetero) is 1. The van der Waals surface area contributed by atoms with Gasteiger partial charge in [-0.3, -0.25) is 9.59 Å². The molecular weight excluding hydrogens is 472 g/mol. The van der Waals surface area contributed by atoms with E-state index in [9.17, 15) is 14.9 Å². The monoisotopic (exact) mass is 514 g/mol. The smallest absolute Gasteiger partial charge is 0.178 e. The largest absolute Gasteiger partial charge is 0.295 e. The molecule has 1 aromatic rings. The van der Waals surface area contributed by atoms with E-state index >= 15 is 0 Å². The standard InChI is InChI=1S/C32H42N4O2/c1-19-8-11-32(36-15-14-34-35-36)13-12-31(7)26(25(32)20(19)2)22(37)16-24-29(5)17-21(18-33)27(38)28(3,4)23(29)9-10-30(24,31)6/h14-17,19-20,23,25-26H,8-13H2,1-7H3/t19-,20+,23+,25+,26-,29+,30-,31-,32+/m1/s1. The van der Waals surface area contributed by atoms with Crippen LogP contribution in [-0.4, -0.2) is 26.6 Å². The molecule has 0 radical (unpaired) electrons. The zero-order valence-electron chi connectivity index (χ0n) is 24.0. The zero-order chi connectivity index (χ0) is 27.5. The molecule has 0 aliphatic heterocycles. The molecule has 9 atom stereocenters. The van der Waals surface area contributed by atoms with Crippen LogP contribution in [0.1, 0.15) is 87.0 Å². The van der Waals surface area contributed by atoms with Crippen LogP contribution in [0.2, 0.25) is 0 Å². The number of fused-ring (bicyclic) bond motifs is 7. The predicted molar refractivity (Wildman–Crippen MR) is 144 cm³/mol. The molecule has 0 bridgehead atoms.